The third-order valence-corrected chi connectivity index (χ3v) is 5.57. The van der Waals surface area contributed by atoms with Crippen molar-refractivity contribution in [2.24, 2.45) is 0 Å². The van der Waals surface area contributed by atoms with Crippen molar-refractivity contribution in [1.29, 1.82) is 0 Å². The molecule has 0 radical (unpaired) electrons. The van der Waals surface area contributed by atoms with Crippen molar-refractivity contribution in [3.8, 4) is 0 Å². The first kappa shape index (κ1) is 20.4. The zero-order chi connectivity index (χ0) is 20.4. The van der Waals surface area contributed by atoms with Gasteiger partial charge in [-0.2, -0.15) is 21.6 Å². The minimum absolute atomic E-state index is 0.262. The number of hydrogen-bond donors (Lipinski definition) is 0. The predicted octanol–water partition coefficient (Wildman–Crippen LogP) is 5.42. The number of alkyl halides is 3. The number of benzene rings is 2. The van der Waals surface area contributed by atoms with Gasteiger partial charge >= 0.3 is 15.6 Å². The first-order chi connectivity index (χ1) is 13.2. The summed E-state index contributed by atoms with van der Waals surface area (Å²) in [6.07, 6.45) is -0.126. The van der Waals surface area contributed by atoms with E-state index in [-0.39, 0.29) is 11.9 Å². The predicted molar refractivity (Wildman–Crippen MR) is 97.4 cm³/mol. The molecule has 150 valence electrons. The van der Waals surface area contributed by atoms with Crippen molar-refractivity contribution in [2.45, 2.75) is 37.5 Å². The van der Waals surface area contributed by atoms with Crippen molar-refractivity contribution in [3.63, 3.8) is 0 Å². The van der Waals surface area contributed by atoms with Crippen LogP contribution >= 0.6 is 0 Å². The summed E-state index contributed by atoms with van der Waals surface area (Å²) in [6, 6.07) is 18.4. The maximum atomic E-state index is 12.7. The van der Waals surface area contributed by atoms with Crippen molar-refractivity contribution in [3.05, 3.63) is 83.1 Å². The molecule has 0 aliphatic carbocycles. The molecule has 0 aromatic heterocycles. The van der Waals surface area contributed by atoms with E-state index < -0.39 is 21.7 Å². The summed E-state index contributed by atoms with van der Waals surface area (Å²) in [5.74, 6) is -0.308. The summed E-state index contributed by atoms with van der Waals surface area (Å²) in [4.78, 5) is 0. The van der Waals surface area contributed by atoms with E-state index in [9.17, 15) is 21.6 Å². The van der Waals surface area contributed by atoms with Crippen LogP contribution in [0.5, 0.6) is 0 Å². The Morgan fingerprint density at radius 1 is 1.00 bits per heavy atom. The maximum absolute atomic E-state index is 12.7. The smallest absolute Gasteiger partial charge is 0.381 e. The summed E-state index contributed by atoms with van der Waals surface area (Å²) >= 11 is 0. The van der Waals surface area contributed by atoms with Crippen LogP contribution < -0.4 is 0 Å². The third-order valence-electron chi connectivity index (χ3n) is 4.54. The first-order valence-corrected chi connectivity index (χ1v) is 10.1. The lowest BCUT2D eigenvalue weighted by Gasteiger charge is -2.34. The Hall–Kier alpha value is -2.32. The molecule has 2 atom stereocenters. The van der Waals surface area contributed by atoms with E-state index in [2.05, 4.69) is 4.18 Å². The van der Waals surface area contributed by atoms with E-state index in [0.717, 1.165) is 5.56 Å². The fourth-order valence-corrected chi connectivity index (χ4v) is 3.71. The monoisotopic (exact) mass is 412 g/mol. The number of rotatable bonds is 4. The van der Waals surface area contributed by atoms with Gasteiger partial charge in [0, 0.05) is 5.57 Å². The second kappa shape index (κ2) is 7.97. The van der Waals surface area contributed by atoms with Crippen LogP contribution in [0.25, 0.3) is 0 Å². The van der Waals surface area contributed by atoms with Crippen molar-refractivity contribution >= 4 is 10.1 Å². The van der Waals surface area contributed by atoms with Gasteiger partial charge in [0.2, 0.25) is 0 Å². The van der Waals surface area contributed by atoms with Gasteiger partial charge in [-0.1, -0.05) is 60.7 Å². The lowest BCUT2D eigenvalue weighted by atomic mass is 9.90. The lowest BCUT2D eigenvalue weighted by molar-refractivity contribution is -0.0530. The van der Waals surface area contributed by atoms with Gasteiger partial charge in [0.25, 0.3) is 0 Å². The standard InChI is InChI=1S/C20H19F3O4S/c1-14(27-28(24,25)20(21,22)23)17-12-13-18(15-8-4-2-5-9-15)26-19(17)16-10-6-3-7-11-16/h2-11,18-19H,12-13H2,1H3/b17-14+/t18-,19-/m0/s1. The van der Waals surface area contributed by atoms with Gasteiger partial charge in [-0.05, 0) is 30.9 Å². The van der Waals surface area contributed by atoms with E-state index in [1.54, 1.807) is 24.3 Å². The Balaban J connectivity index is 1.96. The number of hydrogen-bond acceptors (Lipinski definition) is 4. The van der Waals surface area contributed by atoms with Crippen LogP contribution in [-0.4, -0.2) is 13.9 Å². The average molecular weight is 412 g/mol. The molecule has 3 rings (SSSR count). The summed E-state index contributed by atoms with van der Waals surface area (Å²) < 4.78 is 71.5. The fraction of sp³-hybridized carbons (Fsp3) is 0.300. The second-order valence-corrected chi connectivity index (χ2v) is 7.97. The van der Waals surface area contributed by atoms with Gasteiger partial charge < -0.3 is 8.92 Å². The Labute approximate surface area is 161 Å². The van der Waals surface area contributed by atoms with Gasteiger partial charge in [0.05, 0.1) is 6.10 Å². The fourth-order valence-electron chi connectivity index (χ4n) is 3.18. The number of allylic oxidation sites excluding steroid dienone is 1. The van der Waals surface area contributed by atoms with E-state index in [1.807, 2.05) is 36.4 Å². The molecule has 1 saturated heterocycles. The van der Waals surface area contributed by atoms with Crippen LogP contribution in [-0.2, 0) is 19.0 Å². The van der Waals surface area contributed by atoms with Crippen LogP contribution in [0.4, 0.5) is 13.2 Å². The normalized spacial score (nSPS) is 22.6. The second-order valence-electron chi connectivity index (χ2n) is 6.43. The highest BCUT2D eigenvalue weighted by molar-refractivity contribution is 7.87. The maximum Gasteiger partial charge on any atom is 0.534 e. The molecule has 0 spiro atoms. The molecule has 0 N–H and O–H groups in total. The van der Waals surface area contributed by atoms with Gasteiger partial charge in [-0.15, -0.1) is 0 Å². The highest BCUT2D eigenvalue weighted by Gasteiger charge is 2.49. The van der Waals surface area contributed by atoms with Crippen molar-refractivity contribution in [2.75, 3.05) is 0 Å². The minimum Gasteiger partial charge on any atom is -0.381 e. The highest BCUT2D eigenvalue weighted by atomic mass is 32.2. The number of ether oxygens (including phenoxy) is 1. The Kier molecular flexibility index (Phi) is 5.81. The number of halogens is 3. The third kappa shape index (κ3) is 4.39. The zero-order valence-electron chi connectivity index (χ0n) is 15.0. The van der Waals surface area contributed by atoms with Gasteiger partial charge in [0.15, 0.2) is 0 Å². The van der Waals surface area contributed by atoms with Crippen LogP contribution in [0.15, 0.2) is 72.0 Å². The Bertz CT molecular complexity index is 938. The molecular formula is C20H19F3O4S. The van der Waals surface area contributed by atoms with Crippen LogP contribution in [0.1, 0.15) is 43.1 Å². The summed E-state index contributed by atoms with van der Waals surface area (Å²) in [6.45, 7) is 1.22. The minimum atomic E-state index is -5.73. The molecule has 0 saturated carbocycles. The topological polar surface area (TPSA) is 52.6 Å². The molecule has 2 aromatic rings. The summed E-state index contributed by atoms with van der Waals surface area (Å²) in [5, 5.41) is 0. The van der Waals surface area contributed by atoms with Crippen LogP contribution in [0.2, 0.25) is 0 Å². The van der Waals surface area contributed by atoms with E-state index >= 15 is 0 Å². The van der Waals surface area contributed by atoms with Crippen molar-refractivity contribution in [1.82, 2.24) is 0 Å². The summed E-state index contributed by atoms with van der Waals surface area (Å²) in [7, 11) is -5.73. The largest absolute Gasteiger partial charge is 0.534 e. The molecule has 1 fully saturated rings. The molecule has 1 aliphatic rings. The quantitative estimate of drug-likeness (QED) is 0.382. The molecule has 1 heterocycles. The van der Waals surface area contributed by atoms with Gasteiger partial charge in [-0.25, -0.2) is 0 Å². The molecule has 2 aromatic carbocycles. The average Bonchev–Trinajstić information content (AvgIpc) is 2.67. The first-order valence-electron chi connectivity index (χ1n) is 8.65. The van der Waals surface area contributed by atoms with Gasteiger partial charge in [-0.3, -0.25) is 0 Å². The molecule has 0 unspecified atom stereocenters. The van der Waals surface area contributed by atoms with Crippen molar-refractivity contribution < 1.29 is 30.5 Å². The molecule has 28 heavy (non-hydrogen) atoms. The highest BCUT2D eigenvalue weighted by Crippen LogP contribution is 2.44. The molecule has 1 aliphatic heterocycles. The van der Waals surface area contributed by atoms with E-state index in [0.29, 0.717) is 24.0 Å². The SMILES string of the molecule is C/C(OS(=O)(=O)C(F)(F)F)=C1/CC[C@@H](c2ccccc2)O[C@H]1c1ccccc1. The zero-order valence-corrected chi connectivity index (χ0v) is 15.8. The van der Waals surface area contributed by atoms with E-state index in [1.165, 1.54) is 6.92 Å². The van der Waals surface area contributed by atoms with E-state index in [4.69, 9.17) is 4.74 Å². The van der Waals surface area contributed by atoms with Gasteiger partial charge in [0.1, 0.15) is 11.9 Å². The molecule has 0 bridgehead atoms. The van der Waals surface area contributed by atoms with Crippen LogP contribution in [0, 0.1) is 0 Å². The summed E-state index contributed by atoms with van der Waals surface area (Å²) in [5.41, 5.74) is -3.44. The Morgan fingerprint density at radius 3 is 2.07 bits per heavy atom. The molecule has 0 amide bonds. The Morgan fingerprint density at radius 2 is 1.54 bits per heavy atom. The molecule has 8 heteroatoms. The van der Waals surface area contributed by atoms with Crippen LogP contribution in [0.3, 0.4) is 0 Å². The molecule has 4 nitrogen and oxygen atoms in total. The molecular weight excluding hydrogens is 393 g/mol. The lowest BCUT2D eigenvalue weighted by Crippen LogP contribution is -2.26.